The van der Waals surface area contributed by atoms with Gasteiger partial charge in [0, 0.05) is 11.3 Å². The summed E-state index contributed by atoms with van der Waals surface area (Å²) >= 11 is 1.70. The summed E-state index contributed by atoms with van der Waals surface area (Å²) in [6.45, 7) is 3.11. The van der Waals surface area contributed by atoms with Gasteiger partial charge in [-0.1, -0.05) is 18.2 Å². The molecule has 3 rings (SSSR count). The molecule has 1 aromatic carbocycles. The molecule has 20 heavy (non-hydrogen) atoms. The minimum Gasteiger partial charge on any atom is -0.376 e. The number of benzene rings is 1. The lowest BCUT2D eigenvalue weighted by atomic mass is 10.1. The molecule has 0 amide bonds. The Morgan fingerprint density at radius 2 is 2.25 bits per heavy atom. The summed E-state index contributed by atoms with van der Waals surface area (Å²) in [5.41, 5.74) is 2.75. The normalized spacial score (nSPS) is 14.1. The fraction of sp³-hybridized carbons (Fsp3) is 0.333. The third-order valence-corrected chi connectivity index (χ3v) is 4.52. The third kappa shape index (κ3) is 2.78. The molecule has 5 heteroatoms. The number of fused-ring (bicyclic) bond motifs is 1. The van der Waals surface area contributed by atoms with Gasteiger partial charge in [0.25, 0.3) is 5.56 Å². The van der Waals surface area contributed by atoms with Crippen LogP contribution in [0.4, 0.5) is 0 Å². The summed E-state index contributed by atoms with van der Waals surface area (Å²) in [6.07, 6.45) is 0.723. The molecule has 1 N–H and O–H groups in total. The average Bonchev–Trinajstić information content (AvgIpc) is 2.46. The molecule has 0 bridgehead atoms. The third-order valence-electron chi connectivity index (χ3n) is 3.34. The maximum atomic E-state index is 12.0. The molecule has 4 nitrogen and oxygen atoms in total. The molecule has 0 spiro atoms. The van der Waals surface area contributed by atoms with Gasteiger partial charge in [0.1, 0.15) is 5.82 Å². The second-order valence-electron chi connectivity index (χ2n) is 4.79. The molecular weight excluding hydrogens is 272 g/mol. The highest BCUT2D eigenvalue weighted by Crippen LogP contribution is 2.24. The van der Waals surface area contributed by atoms with Crippen LogP contribution in [0.25, 0.3) is 0 Å². The molecule has 0 unspecified atom stereocenters. The van der Waals surface area contributed by atoms with Gasteiger partial charge in [0.05, 0.1) is 30.2 Å². The zero-order chi connectivity index (χ0) is 13.9. The number of ether oxygens (including phenoxy) is 1. The lowest BCUT2D eigenvalue weighted by Gasteiger charge is -2.15. The average molecular weight is 288 g/mol. The van der Waals surface area contributed by atoms with Crippen LogP contribution in [0.5, 0.6) is 0 Å². The summed E-state index contributed by atoms with van der Waals surface area (Å²) in [5, 5.41) is 0. The van der Waals surface area contributed by atoms with Crippen molar-refractivity contribution in [3.8, 4) is 0 Å². The Labute approximate surface area is 121 Å². The number of thioether (sulfide) groups is 1. The summed E-state index contributed by atoms with van der Waals surface area (Å²) in [7, 11) is 0. The summed E-state index contributed by atoms with van der Waals surface area (Å²) < 4.78 is 5.30. The van der Waals surface area contributed by atoms with Crippen LogP contribution < -0.4 is 5.56 Å². The van der Waals surface area contributed by atoms with Gasteiger partial charge in [-0.15, -0.1) is 11.8 Å². The van der Waals surface area contributed by atoms with Gasteiger partial charge in [0.2, 0.25) is 0 Å². The lowest BCUT2D eigenvalue weighted by molar-refractivity contribution is 0.108. The Balaban J connectivity index is 1.80. The Morgan fingerprint density at radius 3 is 3.10 bits per heavy atom. The lowest BCUT2D eigenvalue weighted by Crippen LogP contribution is -2.25. The first-order valence-electron chi connectivity index (χ1n) is 6.61. The summed E-state index contributed by atoms with van der Waals surface area (Å²) in [5.74, 6) is 1.41. The second kappa shape index (κ2) is 5.81. The van der Waals surface area contributed by atoms with E-state index in [4.69, 9.17) is 4.74 Å². The number of aryl methyl sites for hydroxylation is 1. The molecular formula is C15H16N2O2S. The van der Waals surface area contributed by atoms with Crippen LogP contribution in [0.3, 0.4) is 0 Å². The van der Waals surface area contributed by atoms with Crippen LogP contribution in [-0.4, -0.2) is 16.6 Å². The molecule has 1 aromatic heterocycles. The molecule has 2 aromatic rings. The van der Waals surface area contributed by atoms with Gasteiger partial charge in [0.15, 0.2) is 0 Å². The number of nitrogens with one attached hydrogen (secondary N) is 1. The van der Waals surface area contributed by atoms with Crippen molar-refractivity contribution in [2.45, 2.75) is 30.6 Å². The Bertz CT molecular complexity index is 682. The van der Waals surface area contributed by atoms with Gasteiger partial charge < -0.3 is 9.72 Å². The van der Waals surface area contributed by atoms with Crippen LogP contribution in [-0.2, 0) is 23.5 Å². The van der Waals surface area contributed by atoms with E-state index < -0.39 is 0 Å². The van der Waals surface area contributed by atoms with Crippen LogP contribution >= 0.6 is 11.8 Å². The minimum atomic E-state index is -0.0601. The first-order valence-corrected chi connectivity index (χ1v) is 7.60. The van der Waals surface area contributed by atoms with E-state index in [0.717, 1.165) is 17.9 Å². The first-order chi connectivity index (χ1) is 9.74. The Hall–Kier alpha value is -1.59. The van der Waals surface area contributed by atoms with Gasteiger partial charge in [-0.3, -0.25) is 4.79 Å². The number of nitrogens with zero attached hydrogens (tertiary/aromatic N) is 1. The van der Waals surface area contributed by atoms with E-state index in [1.165, 1.54) is 10.5 Å². The molecule has 0 saturated heterocycles. The van der Waals surface area contributed by atoms with Crippen LogP contribution in [0, 0.1) is 6.92 Å². The van der Waals surface area contributed by atoms with Crippen molar-refractivity contribution in [3.63, 3.8) is 0 Å². The van der Waals surface area contributed by atoms with E-state index in [1.54, 1.807) is 11.8 Å². The minimum absolute atomic E-state index is 0.0601. The van der Waals surface area contributed by atoms with E-state index in [-0.39, 0.29) is 5.56 Å². The summed E-state index contributed by atoms with van der Waals surface area (Å²) in [4.78, 5) is 20.6. The summed E-state index contributed by atoms with van der Waals surface area (Å²) in [6, 6.07) is 8.22. The zero-order valence-electron chi connectivity index (χ0n) is 11.3. The number of aromatic nitrogens is 2. The SMILES string of the molecule is Cc1ccccc1SCc1nc2c(c(=O)[nH]1)COCC2. The maximum Gasteiger partial charge on any atom is 0.256 e. The largest absolute Gasteiger partial charge is 0.376 e. The smallest absolute Gasteiger partial charge is 0.256 e. The Kier molecular flexibility index (Phi) is 3.89. The molecule has 0 atom stereocenters. The second-order valence-corrected chi connectivity index (χ2v) is 5.81. The molecule has 104 valence electrons. The number of hydrogen-bond acceptors (Lipinski definition) is 4. The quantitative estimate of drug-likeness (QED) is 0.881. The molecule has 0 aliphatic carbocycles. The van der Waals surface area contributed by atoms with Crippen molar-refractivity contribution in [2.75, 3.05) is 6.61 Å². The fourth-order valence-electron chi connectivity index (χ4n) is 2.23. The van der Waals surface area contributed by atoms with E-state index in [9.17, 15) is 4.79 Å². The van der Waals surface area contributed by atoms with E-state index in [1.807, 2.05) is 12.1 Å². The van der Waals surface area contributed by atoms with Crippen molar-refractivity contribution in [2.24, 2.45) is 0 Å². The molecule has 1 aliphatic rings. The number of H-pyrrole nitrogens is 1. The van der Waals surface area contributed by atoms with Crippen LogP contribution in [0.1, 0.15) is 22.6 Å². The zero-order valence-corrected chi connectivity index (χ0v) is 12.1. The molecule has 1 aliphatic heterocycles. The van der Waals surface area contributed by atoms with Crippen molar-refractivity contribution in [3.05, 3.63) is 57.3 Å². The van der Waals surface area contributed by atoms with Gasteiger partial charge >= 0.3 is 0 Å². The van der Waals surface area contributed by atoms with Crippen LogP contribution in [0.15, 0.2) is 34.0 Å². The highest BCUT2D eigenvalue weighted by atomic mass is 32.2. The van der Waals surface area contributed by atoms with Crippen LogP contribution in [0.2, 0.25) is 0 Å². The topological polar surface area (TPSA) is 55.0 Å². The number of hydrogen-bond donors (Lipinski definition) is 1. The Morgan fingerprint density at radius 1 is 1.40 bits per heavy atom. The fourth-order valence-corrected chi connectivity index (χ4v) is 3.13. The van der Waals surface area contributed by atoms with Crippen molar-refractivity contribution in [1.82, 2.24) is 9.97 Å². The predicted octanol–water partition coefficient (Wildman–Crippen LogP) is 2.44. The first kappa shape index (κ1) is 13.4. The van der Waals surface area contributed by atoms with Gasteiger partial charge in [-0.05, 0) is 18.6 Å². The van der Waals surface area contributed by atoms with Gasteiger partial charge in [-0.25, -0.2) is 4.98 Å². The number of aromatic amines is 1. The standard InChI is InChI=1S/C15H16N2O2S/c1-10-4-2-3-5-13(10)20-9-14-16-12-6-7-19-8-11(12)15(18)17-14/h2-5H,6-9H2,1H3,(H,16,17,18). The monoisotopic (exact) mass is 288 g/mol. The van der Waals surface area contributed by atoms with E-state index >= 15 is 0 Å². The highest BCUT2D eigenvalue weighted by molar-refractivity contribution is 7.98. The van der Waals surface area contributed by atoms with Crippen molar-refractivity contribution in [1.29, 1.82) is 0 Å². The number of rotatable bonds is 3. The molecule has 0 saturated carbocycles. The highest BCUT2D eigenvalue weighted by Gasteiger charge is 2.15. The molecule has 0 radical (unpaired) electrons. The van der Waals surface area contributed by atoms with Gasteiger partial charge in [-0.2, -0.15) is 0 Å². The van der Waals surface area contributed by atoms with Crippen molar-refractivity contribution >= 4 is 11.8 Å². The maximum absolute atomic E-state index is 12.0. The predicted molar refractivity (Wildman–Crippen MR) is 79.0 cm³/mol. The molecule has 0 fully saturated rings. The molecule has 2 heterocycles. The van der Waals surface area contributed by atoms with E-state index in [2.05, 4.69) is 29.0 Å². The van der Waals surface area contributed by atoms with Crippen molar-refractivity contribution < 1.29 is 4.74 Å². The van der Waals surface area contributed by atoms with E-state index in [0.29, 0.717) is 24.5 Å².